The van der Waals surface area contributed by atoms with Gasteiger partial charge in [-0.1, -0.05) is 12.1 Å². The number of hydrogen-bond acceptors (Lipinski definition) is 3. The fourth-order valence-electron chi connectivity index (χ4n) is 6.76. The van der Waals surface area contributed by atoms with Gasteiger partial charge in [-0.05, 0) is 73.8 Å². The lowest BCUT2D eigenvalue weighted by atomic mass is 9.49. The van der Waals surface area contributed by atoms with Gasteiger partial charge in [0.05, 0.1) is 5.69 Å². The number of carbonyl (C=O) groups is 1. The molecule has 4 saturated carbocycles. The highest BCUT2D eigenvalue weighted by atomic mass is 16.3. The molecule has 0 unspecified atom stereocenters. The molecule has 2 amide bonds. The van der Waals surface area contributed by atoms with Crippen LogP contribution in [0.1, 0.15) is 38.5 Å². The predicted octanol–water partition coefficient (Wildman–Crippen LogP) is 3.44. The first kappa shape index (κ1) is 17.2. The summed E-state index contributed by atoms with van der Waals surface area (Å²) in [6, 6.07) is 7.55. The second-order valence-electron chi connectivity index (χ2n) is 9.54. The molecule has 4 bridgehead atoms. The van der Waals surface area contributed by atoms with Crippen molar-refractivity contribution in [1.82, 2.24) is 10.2 Å². The first-order chi connectivity index (χ1) is 13.1. The summed E-state index contributed by atoms with van der Waals surface area (Å²) in [5, 5.41) is 13.3. The van der Waals surface area contributed by atoms with E-state index in [-0.39, 0.29) is 6.03 Å². The van der Waals surface area contributed by atoms with Crippen LogP contribution in [0.4, 0.5) is 10.5 Å². The maximum atomic E-state index is 12.7. The molecule has 6 rings (SSSR count). The Kier molecular flexibility index (Phi) is 4.21. The van der Waals surface area contributed by atoms with E-state index in [0.29, 0.717) is 24.3 Å². The Morgan fingerprint density at radius 2 is 1.59 bits per heavy atom. The molecule has 5 aliphatic rings. The number of phenols is 1. The molecule has 0 spiro atoms. The van der Waals surface area contributed by atoms with Gasteiger partial charge in [-0.15, -0.1) is 0 Å². The molecule has 4 aliphatic carbocycles. The van der Waals surface area contributed by atoms with Gasteiger partial charge < -0.3 is 20.2 Å². The third kappa shape index (κ3) is 3.26. The number of para-hydroxylation sites is 2. The molecule has 27 heavy (non-hydrogen) atoms. The first-order valence-electron chi connectivity index (χ1n) is 10.7. The Bertz CT molecular complexity index is 676. The third-order valence-corrected chi connectivity index (χ3v) is 7.57. The molecule has 2 N–H and O–H groups in total. The highest BCUT2D eigenvalue weighted by molar-refractivity contribution is 5.74. The van der Waals surface area contributed by atoms with Crippen LogP contribution in [-0.2, 0) is 0 Å². The Labute approximate surface area is 161 Å². The summed E-state index contributed by atoms with van der Waals surface area (Å²) in [4.78, 5) is 16.9. The van der Waals surface area contributed by atoms with Crippen molar-refractivity contribution in [3.8, 4) is 5.75 Å². The van der Waals surface area contributed by atoms with Gasteiger partial charge in [-0.25, -0.2) is 4.79 Å². The topological polar surface area (TPSA) is 55.8 Å². The second kappa shape index (κ2) is 6.61. The monoisotopic (exact) mass is 369 g/mol. The molecule has 0 aromatic heterocycles. The fraction of sp³-hybridized carbons (Fsp3) is 0.682. The minimum Gasteiger partial charge on any atom is -0.506 e. The number of aromatic hydroxyl groups is 1. The van der Waals surface area contributed by atoms with Crippen molar-refractivity contribution >= 4 is 11.7 Å². The van der Waals surface area contributed by atoms with Crippen molar-refractivity contribution in [2.45, 2.75) is 38.5 Å². The number of piperazine rings is 1. The van der Waals surface area contributed by atoms with E-state index in [0.717, 1.165) is 43.1 Å². The van der Waals surface area contributed by atoms with Gasteiger partial charge in [0.2, 0.25) is 0 Å². The second-order valence-corrected chi connectivity index (χ2v) is 9.54. The van der Waals surface area contributed by atoms with Gasteiger partial charge in [0.25, 0.3) is 0 Å². The largest absolute Gasteiger partial charge is 0.506 e. The van der Waals surface area contributed by atoms with Crippen LogP contribution < -0.4 is 10.2 Å². The number of rotatable bonds is 3. The summed E-state index contributed by atoms with van der Waals surface area (Å²) in [7, 11) is 0. The fourth-order valence-corrected chi connectivity index (χ4v) is 6.76. The average molecular weight is 370 g/mol. The SMILES string of the molecule is O=C(NCC12CC3CC(CC(C3)C1)C2)N1CCN(c2ccccc2O)CC1. The quantitative estimate of drug-likeness (QED) is 0.858. The molecular weight excluding hydrogens is 338 g/mol. The van der Waals surface area contributed by atoms with E-state index in [1.54, 1.807) is 6.07 Å². The normalized spacial score (nSPS) is 34.7. The molecule has 146 valence electrons. The molecular formula is C22H31N3O2. The Balaban J connectivity index is 1.15. The molecule has 1 aliphatic heterocycles. The zero-order valence-corrected chi connectivity index (χ0v) is 16.1. The number of carbonyl (C=O) groups excluding carboxylic acids is 1. The molecule has 5 fully saturated rings. The minimum atomic E-state index is 0.0997. The number of nitrogens with one attached hydrogen (secondary N) is 1. The van der Waals surface area contributed by atoms with Crippen molar-refractivity contribution in [1.29, 1.82) is 0 Å². The van der Waals surface area contributed by atoms with Crippen molar-refractivity contribution < 1.29 is 9.90 Å². The van der Waals surface area contributed by atoms with E-state index in [2.05, 4.69) is 10.2 Å². The highest BCUT2D eigenvalue weighted by Crippen LogP contribution is 2.59. The van der Waals surface area contributed by atoms with E-state index in [1.807, 2.05) is 23.1 Å². The maximum absolute atomic E-state index is 12.7. The number of phenolic OH excluding ortho intramolecular Hbond substituents is 1. The van der Waals surface area contributed by atoms with E-state index in [4.69, 9.17) is 0 Å². The van der Waals surface area contributed by atoms with Crippen LogP contribution in [0.15, 0.2) is 24.3 Å². The minimum absolute atomic E-state index is 0.0997. The average Bonchev–Trinajstić information content (AvgIpc) is 2.66. The zero-order chi connectivity index (χ0) is 18.4. The Hall–Kier alpha value is -1.91. The van der Waals surface area contributed by atoms with Crippen LogP contribution in [0.5, 0.6) is 5.75 Å². The highest BCUT2D eigenvalue weighted by Gasteiger charge is 2.50. The standard InChI is InChI=1S/C22H31N3O2/c26-20-4-2-1-3-19(20)24-5-7-25(8-6-24)21(27)23-15-22-12-16-9-17(13-22)11-18(10-16)14-22/h1-4,16-18,26H,5-15H2,(H,23,27). The number of hydrogen-bond donors (Lipinski definition) is 2. The summed E-state index contributed by atoms with van der Waals surface area (Å²) in [6.45, 7) is 3.82. The lowest BCUT2D eigenvalue weighted by molar-refractivity contribution is -0.0502. The predicted molar refractivity (Wildman–Crippen MR) is 106 cm³/mol. The van der Waals surface area contributed by atoms with Gasteiger partial charge >= 0.3 is 6.03 Å². The number of benzene rings is 1. The van der Waals surface area contributed by atoms with Crippen molar-refractivity contribution in [3.63, 3.8) is 0 Å². The third-order valence-electron chi connectivity index (χ3n) is 7.57. The first-order valence-corrected chi connectivity index (χ1v) is 10.7. The molecule has 5 nitrogen and oxygen atoms in total. The van der Waals surface area contributed by atoms with Gasteiger partial charge in [0.1, 0.15) is 5.75 Å². The lowest BCUT2D eigenvalue weighted by Crippen LogP contribution is -2.55. The molecule has 1 aromatic carbocycles. The number of anilines is 1. The van der Waals surface area contributed by atoms with Gasteiger partial charge in [0, 0.05) is 32.7 Å². The van der Waals surface area contributed by atoms with Crippen LogP contribution in [0.25, 0.3) is 0 Å². The van der Waals surface area contributed by atoms with Crippen molar-refractivity contribution in [2.75, 3.05) is 37.6 Å². The molecule has 1 aromatic rings. The summed E-state index contributed by atoms with van der Waals surface area (Å²) in [6.07, 6.45) is 8.34. The summed E-state index contributed by atoms with van der Waals surface area (Å²) in [5.41, 5.74) is 1.26. The number of nitrogens with zero attached hydrogens (tertiary/aromatic N) is 2. The van der Waals surface area contributed by atoms with E-state index >= 15 is 0 Å². The number of urea groups is 1. The maximum Gasteiger partial charge on any atom is 0.317 e. The summed E-state index contributed by atoms with van der Waals surface area (Å²) >= 11 is 0. The van der Waals surface area contributed by atoms with Crippen molar-refractivity contribution in [2.24, 2.45) is 23.2 Å². The Morgan fingerprint density at radius 1 is 1.00 bits per heavy atom. The van der Waals surface area contributed by atoms with Crippen LogP contribution in [0, 0.1) is 23.2 Å². The van der Waals surface area contributed by atoms with Crippen LogP contribution >= 0.6 is 0 Å². The molecule has 0 radical (unpaired) electrons. The molecule has 0 atom stereocenters. The van der Waals surface area contributed by atoms with Crippen molar-refractivity contribution in [3.05, 3.63) is 24.3 Å². The number of amides is 2. The van der Waals surface area contributed by atoms with Crippen LogP contribution in [0.3, 0.4) is 0 Å². The summed E-state index contributed by atoms with van der Waals surface area (Å²) in [5.74, 6) is 3.10. The molecule has 1 saturated heterocycles. The lowest BCUT2D eigenvalue weighted by Gasteiger charge is -2.57. The van der Waals surface area contributed by atoms with Gasteiger partial charge in [-0.3, -0.25) is 0 Å². The molecule has 5 heteroatoms. The van der Waals surface area contributed by atoms with Crippen LogP contribution in [-0.4, -0.2) is 48.8 Å². The van der Waals surface area contributed by atoms with Gasteiger partial charge in [0.15, 0.2) is 0 Å². The van der Waals surface area contributed by atoms with E-state index < -0.39 is 0 Å². The van der Waals surface area contributed by atoms with E-state index in [1.165, 1.54) is 38.5 Å². The van der Waals surface area contributed by atoms with Gasteiger partial charge in [-0.2, -0.15) is 0 Å². The smallest absolute Gasteiger partial charge is 0.317 e. The van der Waals surface area contributed by atoms with Crippen LogP contribution in [0.2, 0.25) is 0 Å². The Morgan fingerprint density at radius 3 is 2.19 bits per heavy atom. The summed E-state index contributed by atoms with van der Waals surface area (Å²) < 4.78 is 0. The zero-order valence-electron chi connectivity index (χ0n) is 16.1. The molecule has 1 heterocycles. The van der Waals surface area contributed by atoms with E-state index in [9.17, 15) is 9.90 Å².